The Kier molecular flexibility index (Phi) is 7.25. The maximum Gasteiger partial charge on any atom is 0.255 e. The van der Waals surface area contributed by atoms with Gasteiger partial charge in [0.25, 0.3) is 5.91 Å². The number of nitrogens with one attached hydrogen (secondary N) is 2. The number of pyridine rings is 1. The molecule has 32 heavy (non-hydrogen) atoms. The molecule has 0 aliphatic carbocycles. The zero-order valence-corrected chi connectivity index (χ0v) is 18.7. The Morgan fingerprint density at radius 3 is 2.72 bits per heavy atom. The number of rotatable bonds is 9. The van der Waals surface area contributed by atoms with E-state index in [9.17, 15) is 18.7 Å². The molecule has 0 saturated heterocycles. The first kappa shape index (κ1) is 23.8. The van der Waals surface area contributed by atoms with Crippen LogP contribution >= 0.6 is 11.6 Å². The van der Waals surface area contributed by atoms with Gasteiger partial charge in [0.15, 0.2) is 5.65 Å². The zero-order valence-electron chi connectivity index (χ0n) is 17.9. The van der Waals surface area contributed by atoms with E-state index in [1.165, 1.54) is 37.7 Å². The van der Waals surface area contributed by atoms with Crippen molar-refractivity contribution in [1.82, 2.24) is 24.9 Å². The van der Waals surface area contributed by atoms with Crippen LogP contribution in [0.3, 0.4) is 0 Å². The third-order valence-corrected chi connectivity index (χ3v) is 5.01. The van der Waals surface area contributed by atoms with Crippen LogP contribution in [0.5, 0.6) is 0 Å². The summed E-state index contributed by atoms with van der Waals surface area (Å²) in [5.41, 5.74) is 0.597. The SMILES string of the molecule is CC(F)CCNc1cc(-c2cnn3cc(Cl)cnc23)ncc1C(=O)NC[C@@H](F)C(C)(C)O. The van der Waals surface area contributed by atoms with Crippen LogP contribution in [-0.2, 0) is 0 Å². The number of alkyl halides is 2. The quantitative estimate of drug-likeness (QED) is 0.446. The van der Waals surface area contributed by atoms with E-state index < -0.39 is 23.9 Å². The van der Waals surface area contributed by atoms with Crippen LogP contribution in [0.4, 0.5) is 14.5 Å². The van der Waals surface area contributed by atoms with Gasteiger partial charge < -0.3 is 15.7 Å². The fourth-order valence-electron chi connectivity index (χ4n) is 2.90. The minimum Gasteiger partial charge on any atom is -0.387 e. The molecule has 8 nitrogen and oxygen atoms in total. The summed E-state index contributed by atoms with van der Waals surface area (Å²) in [6.07, 6.45) is 3.58. The van der Waals surface area contributed by atoms with Gasteiger partial charge in [-0.05, 0) is 33.3 Å². The number of hydrogen-bond acceptors (Lipinski definition) is 6. The molecule has 0 aliphatic rings. The lowest BCUT2D eigenvalue weighted by Crippen LogP contribution is -2.42. The van der Waals surface area contributed by atoms with E-state index in [2.05, 4.69) is 25.7 Å². The highest BCUT2D eigenvalue weighted by molar-refractivity contribution is 6.30. The molecule has 1 unspecified atom stereocenters. The number of fused-ring (bicyclic) bond motifs is 1. The minimum absolute atomic E-state index is 0.163. The summed E-state index contributed by atoms with van der Waals surface area (Å²) >= 11 is 5.95. The zero-order chi connectivity index (χ0) is 23.5. The number of carbonyl (C=O) groups excluding carboxylic acids is 1. The van der Waals surface area contributed by atoms with Gasteiger partial charge >= 0.3 is 0 Å². The minimum atomic E-state index is -1.65. The third kappa shape index (κ3) is 5.68. The van der Waals surface area contributed by atoms with Crippen molar-refractivity contribution in [3.05, 3.63) is 41.4 Å². The molecule has 172 valence electrons. The molecule has 3 aromatic rings. The van der Waals surface area contributed by atoms with E-state index in [0.29, 0.717) is 27.6 Å². The fourth-order valence-corrected chi connectivity index (χ4v) is 3.04. The van der Waals surface area contributed by atoms with Crippen molar-refractivity contribution >= 4 is 28.8 Å². The molecule has 11 heteroatoms. The number of hydrogen-bond donors (Lipinski definition) is 3. The number of nitrogens with zero attached hydrogens (tertiary/aromatic N) is 4. The first-order valence-electron chi connectivity index (χ1n) is 10.1. The topological polar surface area (TPSA) is 104 Å². The standard InChI is InChI=1S/C21H25ClF2N6O2/c1-12(23)4-5-25-17-6-16(14-9-29-30-11-13(22)7-27-19(14)30)26-8-15(17)20(31)28-10-18(24)21(2,3)32/h6-9,11-12,18,32H,4-5,10H2,1-3H3,(H,25,26)(H,28,31)/t12?,18-/m1/s1. The van der Waals surface area contributed by atoms with Crippen LogP contribution in [0, 0.1) is 0 Å². The van der Waals surface area contributed by atoms with Gasteiger partial charge in [-0.3, -0.25) is 9.78 Å². The van der Waals surface area contributed by atoms with Crippen LogP contribution in [-0.4, -0.2) is 61.6 Å². The third-order valence-electron chi connectivity index (χ3n) is 4.82. The summed E-state index contributed by atoms with van der Waals surface area (Å²) in [6.45, 7) is 4.00. The molecular formula is C21H25ClF2N6O2. The monoisotopic (exact) mass is 466 g/mol. The summed E-state index contributed by atoms with van der Waals surface area (Å²) in [7, 11) is 0. The van der Waals surface area contributed by atoms with Gasteiger partial charge in [0, 0.05) is 18.9 Å². The Bertz CT molecular complexity index is 1100. The number of halogens is 3. The van der Waals surface area contributed by atoms with Crippen LogP contribution in [0.25, 0.3) is 16.9 Å². The Morgan fingerprint density at radius 2 is 2.03 bits per heavy atom. The molecule has 2 atom stereocenters. The van der Waals surface area contributed by atoms with Crippen LogP contribution in [0.15, 0.2) is 30.9 Å². The lowest BCUT2D eigenvalue weighted by Gasteiger charge is -2.22. The van der Waals surface area contributed by atoms with E-state index in [0.717, 1.165) is 0 Å². The maximum absolute atomic E-state index is 14.0. The van der Waals surface area contributed by atoms with Crippen molar-refractivity contribution in [2.45, 2.75) is 45.1 Å². The molecule has 0 aromatic carbocycles. The van der Waals surface area contributed by atoms with Crippen LogP contribution in [0.1, 0.15) is 37.6 Å². The van der Waals surface area contributed by atoms with Crippen molar-refractivity contribution in [1.29, 1.82) is 0 Å². The molecule has 0 saturated carbocycles. The van der Waals surface area contributed by atoms with Gasteiger partial charge in [0.1, 0.15) is 6.17 Å². The van der Waals surface area contributed by atoms with Gasteiger partial charge in [-0.2, -0.15) is 5.10 Å². The number of carbonyl (C=O) groups is 1. The van der Waals surface area contributed by atoms with Crippen molar-refractivity contribution in [3.63, 3.8) is 0 Å². The predicted octanol–water partition coefficient (Wildman–Crippen LogP) is 3.44. The maximum atomic E-state index is 14.0. The van der Waals surface area contributed by atoms with E-state index in [-0.39, 0.29) is 25.1 Å². The molecule has 1 amide bonds. The van der Waals surface area contributed by atoms with Crippen molar-refractivity contribution in [2.75, 3.05) is 18.4 Å². The van der Waals surface area contributed by atoms with Gasteiger partial charge in [-0.15, -0.1) is 0 Å². The largest absolute Gasteiger partial charge is 0.387 e. The molecule has 3 heterocycles. The Morgan fingerprint density at radius 1 is 1.28 bits per heavy atom. The van der Waals surface area contributed by atoms with Crippen molar-refractivity contribution in [3.8, 4) is 11.3 Å². The summed E-state index contributed by atoms with van der Waals surface area (Å²) in [4.78, 5) is 21.3. The molecule has 0 aliphatic heterocycles. The lowest BCUT2D eigenvalue weighted by molar-refractivity contribution is -0.00177. The van der Waals surface area contributed by atoms with Gasteiger partial charge in [0.2, 0.25) is 0 Å². The number of anilines is 1. The van der Waals surface area contributed by atoms with E-state index in [1.807, 2.05) is 0 Å². The van der Waals surface area contributed by atoms with Crippen LogP contribution in [0.2, 0.25) is 5.02 Å². The number of aromatic nitrogens is 4. The second-order valence-electron chi connectivity index (χ2n) is 8.04. The highest BCUT2D eigenvalue weighted by Crippen LogP contribution is 2.27. The van der Waals surface area contributed by atoms with Crippen LogP contribution < -0.4 is 10.6 Å². The smallest absolute Gasteiger partial charge is 0.255 e. The summed E-state index contributed by atoms with van der Waals surface area (Å²) in [6, 6.07) is 1.63. The molecule has 0 fully saturated rings. The molecule has 3 rings (SSSR count). The number of aliphatic hydroxyl groups is 1. The fraction of sp³-hybridized carbons (Fsp3) is 0.429. The second-order valence-corrected chi connectivity index (χ2v) is 8.48. The van der Waals surface area contributed by atoms with Gasteiger partial charge in [-0.1, -0.05) is 11.6 Å². The molecule has 3 N–H and O–H groups in total. The average Bonchev–Trinajstić information content (AvgIpc) is 3.13. The normalized spacial score (nSPS) is 13.7. The molecule has 0 bridgehead atoms. The molecule has 0 spiro atoms. The van der Waals surface area contributed by atoms with Gasteiger partial charge in [-0.25, -0.2) is 18.3 Å². The Hall–Kier alpha value is -2.85. The average molecular weight is 467 g/mol. The van der Waals surface area contributed by atoms with E-state index in [4.69, 9.17) is 11.6 Å². The molecular weight excluding hydrogens is 442 g/mol. The number of amides is 1. The highest BCUT2D eigenvalue weighted by atomic mass is 35.5. The second kappa shape index (κ2) is 9.74. The van der Waals surface area contributed by atoms with Crippen molar-refractivity contribution < 1.29 is 18.7 Å². The Balaban J connectivity index is 1.90. The van der Waals surface area contributed by atoms with Crippen molar-refractivity contribution in [2.24, 2.45) is 0 Å². The summed E-state index contributed by atoms with van der Waals surface area (Å²) in [5, 5.41) is 19.9. The first-order chi connectivity index (χ1) is 15.1. The summed E-state index contributed by atoms with van der Waals surface area (Å²) in [5.74, 6) is -0.573. The first-order valence-corrected chi connectivity index (χ1v) is 10.5. The lowest BCUT2D eigenvalue weighted by atomic mass is 10.0. The van der Waals surface area contributed by atoms with E-state index in [1.54, 1.807) is 18.5 Å². The summed E-state index contributed by atoms with van der Waals surface area (Å²) < 4.78 is 28.8. The predicted molar refractivity (Wildman–Crippen MR) is 118 cm³/mol. The Labute approximate surface area is 189 Å². The van der Waals surface area contributed by atoms with Gasteiger partial charge in [0.05, 0.1) is 58.2 Å². The highest BCUT2D eigenvalue weighted by Gasteiger charge is 2.27. The van der Waals surface area contributed by atoms with E-state index >= 15 is 0 Å². The molecule has 0 radical (unpaired) electrons. The molecule has 3 aromatic heterocycles.